The highest BCUT2D eigenvalue weighted by Crippen LogP contribution is 2.38. The van der Waals surface area contributed by atoms with Crippen LogP contribution in [0.15, 0.2) is 126 Å². The minimum absolute atomic E-state index is 0.0260. The lowest BCUT2D eigenvalue weighted by atomic mass is 10.1. The highest BCUT2D eigenvalue weighted by Gasteiger charge is 2.43. The summed E-state index contributed by atoms with van der Waals surface area (Å²) in [5.41, 5.74) is 3.41. The zero-order valence-corrected chi connectivity index (χ0v) is 29.4. The first kappa shape index (κ1) is 35.1. The quantitative estimate of drug-likeness (QED) is 0.0798. The van der Waals surface area contributed by atoms with Gasteiger partial charge in [0.1, 0.15) is 6.10 Å². The first-order valence-electron chi connectivity index (χ1n) is 16.0. The van der Waals surface area contributed by atoms with Gasteiger partial charge in [0.2, 0.25) is 0 Å². The summed E-state index contributed by atoms with van der Waals surface area (Å²) in [6.07, 6.45) is -0.0433. The molecule has 4 aromatic rings. The number of rotatable bonds is 18. The van der Waals surface area contributed by atoms with Crippen LogP contribution >= 0.6 is 11.8 Å². The maximum atomic E-state index is 7.19. The molecule has 0 fully saturated rings. The van der Waals surface area contributed by atoms with Crippen molar-refractivity contribution in [3.05, 3.63) is 138 Å². The molecule has 0 heterocycles. The fourth-order valence-corrected chi connectivity index (χ4v) is 7.02. The molecule has 0 aliphatic rings. The Morgan fingerprint density at radius 3 is 1.58 bits per heavy atom. The molecule has 45 heavy (non-hydrogen) atoms. The Morgan fingerprint density at radius 2 is 1.07 bits per heavy atom. The molecule has 4 nitrogen and oxygen atoms in total. The molecule has 0 saturated carbocycles. The number of thioether (sulfide) groups is 1. The van der Waals surface area contributed by atoms with Gasteiger partial charge in [0, 0.05) is 10.6 Å². The van der Waals surface area contributed by atoms with Gasteiger partial charge < -0.3 is 18.6 Å². The fraction of sp³-hybridized carbons (Fsp3) is 0.385. The largest absolute Gasteiger partial charge is 0.409 e. The average Bonchev–Trinajstić information content (AvgIpc) is 3.04. The predicted molar refractivity (Wildman–Crippen MR) is 190 cm³/mol. The summed E-state index contributed by atoms with van der Waals surface area (Å²) in [4.78, 5) is 1.25. The lowest BCUT2D eigenvalue weighted by molar-refractivity contribution is -0.143. The highest BCUT2D eigenvalue weighted by atomic mass is 32.2. The summed E-state index contributed by atoms with van der Waals surface area (Å²) in [5.74, 6) is 0.895. The van der Waals surface area contributed by atoms with Crippen LogP contribution in [0.3, 0.4) is 0 Å². The normalized spacial score (nSPS) is 14.2. The Labute approximate surface area is 276 Å². The third-order valence-electron chi connectivity index (χ3n) is 8.39. The molecule has 0 saturated heterocycles. The topological polar surface area (TPSA) is 36.9 Å². The van der Waals surface area contributed by atoms with E-state index in [-0.39, 0.29) is 23.4 Å². The maximum absolute atomic E-state index is 7.19. The smallest absolute Gasteiger partial charge is 0.192 e. The summed E-state index contributed by atoms with van der Waals surface area (Å²) in [5, 5.41) is 0.0260. The zero-order valence-electron chi connectivity index (χ0n) is 27.6. The second kappa shape index (κ2) is 17.8. The third kappa shape index (κ3) is 11.9. The molecule has 0 unspecified atom stereocenters. The Balaban J connectivity index is 1.63. The number of hydrogen-bond donors (Lipinski definition) is 0. The summed E-state index contributed by atoms with van der Waals surface area (Å²) < 4.78 is 27.3. The van der Waals surface area contributed by atoms with Crippen molar-refractivity contribution >= 4 is 20.1 Å². The van der Waals surface area contributed by atoms with Crippen LogP contribution in [0.2, 0.25) is 18.1 Å². The summed E-state index contributed by atoms with van der Waals surface area (Å²) in [6.45, 7) is 13.3. The van der Waals surface area contributed by atoms with Gasteiger partial charge in [-0.15, -0.1) is 11.8 Å². The second-order valence-corrected chi connectivity index (χ2v) is 18.9. The van der Waals surface area contributed by atoms with Crippen LogP contribution in [0.4, 0.5) is 0 Å². The van der Waals surface area contributed by atoms with Crippen molar-refractivity contribution in [3.8, 4) is 0 Å². The maximum Gasteiger partial charge on any atom is 0.192 e. The van der Waals surface area contributed by atoms with E-state index in [0.717, 1.165) is 28.9 Å². The van der Waals surface area contributed by atoms with E-state index in [9.17, 15) is 0 Å². The highest BCUT2D eigenvalue weighted by molar-refractivity contribution is 7.99. The molecule has 4 rings (SSSR count). The van der Waals surface area contributed by atoms with Crippen molar-refractivity contribution in [2.75, 3.05) is 12.4 Å². The Bertz CT molecular complexity index is 1350. The van der Waals surface area contributed by atoms with Gasteiger partial charge in [-0.05, 0) is 53.4 Å². The van der Waals surface area contributed by atoms with Crippen LogP contribution in [-0.4, -0.2) is 39.0 Å². The van der Waals surface area contributed by atoms with E-state index in [4.69, 9.17) is 18.6 Å². The van der Waals surface area contributed by atoms with Gasteiger partial charge in [-0.1, -0.05) is 130 Å². The van der Waals surface area contributed by atoms with Crippen LogP contribution < -0.4 is 0 Å². The number of benzene rings is 4. The molecule has 0 aromatic heterocycles. The molecule has 3 atom stereocenters. The van der Waals surface area contributed by atoms with Crippen LogP contribution in [0, 0.1) is 0 Å². The van der Waals surface area contributed by atoms with E-state index in [2.05, 4.69) is 125 Å². The standard InChI is InChI=1S/C39H50O4SSi/c1-39(2,3)45(4,5)43-37(31-40-28-32-18-10-6-11-19-32)38(42-30-34-22-14-8-15-23-34)36(41-29-33-20-12-7-13-21-33)26-27-44-35-24-16-9-17-25-35/h6-25,36-38H,26-31H2,1-5H3/t36-,37-,38+/m1/s1. The molecular weight excluding hydrogens is 593 g/mol. The first-order chi connectivity index (χ1) is 21.7. The van der Waals surface area contributed by atoms with Crippen LogP contribution in [0.25, 0.3) is 0 Å². The fourth-order valence-electron chi connectivity index (χ4n) is 4.77. The van der Waals surface area contributed by atoms with Crippen molar-refractivity contribution in [1.82, 2.24) is 0 Å². The van der Waals surface area contributed by atoms with E-state index in [1.54, 1.807) is 0 Å². The summed E-state index contributed by atoms with van der Waals surface area (Å²) in [7, 11) is -2.21. The van der Waals surface area contributed by atoms with Crippen molar-refractivity contribution in [3.63, 3.8) is 0 Å². The van der Waals surface area contributed by atoms with E-state index >= 15 is 0 Å². The lowest BCUT2D eigenvalue weighted by Crippen LogP contribution is -2.52. The molecule has 4 aromatic carbocycles. The third-order valence-corrected chi connectivity index (χ3v) is 13.9. The zero-order chi connectivity index (χ0) is 32.0. The van der Waals surface area contributed by atoms with Gasteiger partial charge in [-0.2, -0.15) is 0 Å². The molecule has 0 radical (unpaired) electrons. The number of ether oxygens (including phenoxy) is 3. The first-order valence-corrected chi connectivity index (χ1v) is 19.9. The van der Waals surface area contributed by atoms with Crippen molar-refractivity contribution in [1.29, 1.82) is 0 Å². The molecule has 0 N–H and O–H groups in total. The molecular formula is C39H50O4SSi. The predicted octanol–water partition coefficient (Wildman–Crippen LogP) is 9.95. The summed E-state index contributed by atoms with van der Waals surface area (Å²) in [6, 6.07) is 41.6. The van der Waals surface area contributed by atoms with E-state index in [1.807, 2.05) is 42.1 Å². The SMILES string of the molecule is CC(C)(C)[Si](C)(C)O[C@H](COCc1ccccc1)[C@@H](OCc1ccccc1)[C@@H](CCSc1ccccc1)OCc1ccccc1. The van der Waals surface area contributed by atoms with Crippen LogP contribution in [0.1, 0.15) is 43.9 Å². The minimum atomic E-state index is -2.21. The Kier molecular flexibility index (Phi) is 13.9. The Morgan fingerprint density at radius 1 is 0.600 bits per heavy atom. The van der Waals surface area contributed by atoms with Gasteiger partial charge in [-0.3, -0.25) is 0 Å². The van der Waals surface area contributed by atoms with Crippen molar-refractivity contribution < 1.29 is 18.6 Å². The minimum Gasteiger partial charge on any atom is -0.409 e. The second-order valence-electron chi connectivity index (χ2n) is 13.0. The van der Waals surface area contributed by atoms with Gasteiger partial charge in [0.25, 0.3) is 0 Å². The number of hydrogen-bond acceptors (Lipinski definition) is 5. The molecule has 0 aliphatic carbocycles. The molecule has 0 aliphatic heterocycles. The van der Waals surface area contributed by atoms with E-state index < -0.39 is 8.32 Å². The van der Waals surface area contributed by atoms with Crippen LogP contribution in [-0.2, 0) is 38.5 Å². The van der Waals surface area contributed by atoms with Crippen molar-refractivity contribution in [2.24, 2.45) is 0 Å². The van der Waals surface area contributed by atoms with E-state index in [0.29, 0.717) is 26.4 Å². The summed E-state index contributed by atoms with van der Waals surface area (Å²) >= 11 is 1.85. The van der Waals surface area contributed by atoms with Gasteiger partial charge in [-0.25, -0.2) is 0 Å². The van der Waals surface area contributed by atoms with Gasteiger partial charge in [0.05, 0.1) is 38.6 Å². The molecule has 0 amide bonds. The van der Waals surface area contributed by atoms with E-state index in [1.165, 1.54) is 4.90 Å². The molecule has 0 spiro atoms. The monoisotopic (exact) mass is 642 g/mol. The van der Waals surface area contributed by atoms with Crippen LogP contribution in [0.5, 0.6) is 0 Å². The molecule has 6 heteroatoms. The lowest BCUT2D eigenvalue weighted by Gasteiger charge is -2.43. The molecule has 0 bridgehead atoms. The van der Waals surface area contributed by atoms with Crippen molar-refractivity contribution in [2.45, 2.75) is 88.4 Å². The van der Waals surface area contributed by atoms with Gasteiger partial charge in [0.15, 0.2) is 8.32 Å². The Hall–Kier alpha value is -2.71. The molecule has 240 valence electrons. The van der Waals surface area contributed by atoms with Gasteiger partial charge >= 0.3 is 0 Å². The average molecular weight is 643 g/mol.